The van der Waals surface area contributed by atoms with Crippen LogP contribution in [0.2, 0.25) is 0 Å². The molecular formula is C13H11N5O2. The molecule has 0 unspecified atom stereocenters. The number of aryl methyl sites for hydroxylation is 1. The lowest BCUT2D eigenvalue weighted by molar-refractivity contribution is 0.0697. The van der Waals surface area contributed by atoms with E-state index in [1.807, 2.05) is 0 Å². The van der Waals surface area contributed by atoms with Crippen molar-refractivity contribution in [3.05, 3.63) is 48.7 Å². The maximum absolute atomic E-state index is 11.4. The van der Waals surface area contributed by atoms with Gasteiger partial charge in [-0.2, -0.15) is 10.2 Å². The van der Waals surface area contributed by atoms with E-state index in [9.17, 15) is 9.90 Å². The van der Waals surface area contributed by atoms with E-state index >= 15 is 0 Å². The van der Waals surface area contributed by atoms with Gasteiger partial charge >= 0.3 is 5.97 Å². The molecule has 7 heteroatoms. The highest BCUT2D eigenvalue weighted by Gasteiger charge is 2.18. The lowest BCUT2D eigenvalue weighted by Crippen LogP contribution is -1.96. The van der Waals surface area contributed by atoms with Crippen LogP contribution in [0.25, 0.3) is 16.9 Å². The summed E-state index contributed by atoms with van der Waals surface area (Å²) in [5.41, 5.74) is 1.94. The lowest BCUT2D eigenvalue weighted by Gasteiger charge is -1.98. The van der Waals surface area contributed by atoms with Crippen LogP contribution in [-0.2, 0) is 7.05 Å². The summed E-state index contributed by atoms with van der Waals surface area (Å²) >= 11 is 0. The molecule has 0 aliphatic heterocycles. The second-order valence-electron chi connectivity index (χ2n) is 4.25. The van der Waals surface area contributed by atoms with Gasteiger partial charge in [-0.25, -0.2) is 9.48 Å². The fourth-order valence-corrected chi connectivity index (χ4v) is 1.92. The van der Waals surface area contributed by atoms with E-state index in [4.69, 9.17) is 0 Å². The summed E-state index contributed by atoms with van der Waals surface area (Å²) in [6.07, 6.45) is 8.06. The summed E-state index contributed by atoms with van der Waals surface area (Å²) in [4.78, 5) is 15.3. The third-order valence-corrected chi connectivity index (χ3v) is 2.85. The van der Waals surface area contributed by atoms with Crippen LogP contribution in [0.4, 0.5) is 0 Å². The summed E-state index contributed by atoms with van der Waals surface area (Å²) in [6, 6.07) is 3.51. The Bertz CT molecular complexity index is 760. The van der Waals surface area contributed by atoms with E-state index in [2.05, 4.69) is 15.2 Å². The number of carboxylic acids is 1. The minimum absolute atomic E-state index is 0.134. The Morgan fingerprint density at radius 3 is 2.60 bits per heavy atom. The Kier molecular flexibility index (Phi) is 2.79. The molecule has 0 bridgehead atoms. The van der Waals surface area contributed by atoms with Crippen molar-refractivity contribution in [1.82, 2.24) is 24.5 Å². The van der Waals surface area contributed by atoms with Crippen molar-refractivity contribution in [2.45, 2.75) is 0 Å². The molecule has 3 heterocycles. The molecule has 0 aliphatic carbocycles. The summed E-state index contributed by atoms with van der Waals surface area (Å²) < 4.78 is 3.12. The monoisotopic (exact) mass is 269 g/mol. The maximum atomic E-state index is 11.4. The zero-order chi connectivity index (χ0) is 14.1. The van der Waals surface area contributed by atoms with Crippen LogP contribution in [0.15, 0.2) is 43.1 Å². The molecule has 0 fully saturated rings. The summed E-state index contributed by atoms with van der Waals surface area (Å²) in [6.45, 7) is 0. The normalized spacial score (nSPS) is 10.7. The zero-order valence-electron chi connectivity index (χ0n) is 10.6. The van der Waals surface area contributed by atoms with Crippen LogP contribution in [-0.4, -0.2) is 35.6 Å². The van der Waals surface area contributed by atoms with E-state index < -0.39 is 5.97 Å². The average molecular weight is 269 g/mol. The zero-order valence-corrected chi connectivity index (χ0v) is 10.6. The second-order valence-corrected chi connectivity index (χ2v) is 4.25. The van der Waals surface area contributed by atoms with Gasteiger partial charge in [-0.3, -0.25) is 9.67 Å². The molecule has 0 saturated heterocycles. The van der Waals surface area contributed by atoms with E-state index in [0.717, 1.165) is 5.69 Å². The highest BCUT2D eigenvalue weighted by atomic mass is 16.4. The molecule has 0 aliphatic rings. The summed E-state index contributed by atoms with van der Waals surface area (Å²) in [7, 11) is 1.77. The van der Waals surface area contributed by atoms with Crippen LogP contribution >= 0.6 is 0 Å². The van der Waals surface area contributed by atoms with Crippen molar-refractivity contribution in [2.24, 2.45) is 7.05 Å². The first-order chi connectivity index (χ1) is 9.65. The molecule has 1 N–H and O–H groups in total. The van der Waals surface area contributed by atoms with E-state index in [1.54, 1.807) is 48.6 Å². The Morgan fingerprint density at radius 2 is 2.00 bits per heavy atom. The van der Waals surface area contributed by atoms with Crippen LogP contribution in [0.5, 0.6) is 0 Å². The first-order valence-corrected chi connectivity index (χ1v) is 5.87. The Labute approximate surface area is 114 Å². The number of carboxylic acid groups (broad SMARTS) is 1. The van der Waals surface area contributed by atoms with Crippen LogP contribution in [0.1, 0.15) is 10.4 Å². The molecule has 100 valence electrons. The highest BCUT2D eigenvalue weighted by molar-refractivity contribution is 5.94. The van der Waals surface area contributed by atoms with Crippen molar-refractivity contribution in [3.63, 3.8) is 0 Å². The fraction of sp³-hybridized carbons (Fsp3) is 0.0769. The van der Waals surface area contributed by atoms with Gasteiger partial charge in [0.15, 0.2) is 0 Å². The Morgan fingerprint density at radius 1 is 1.25 bits per heavy atom. The van der Waals surface area contributed by atoms with Crippen LogP contribution in [0.3, 0.4) is 0 Å². The molecule has 0 radical (unpaired) electrons. The molecule has 0 saturated carbocycles. The van der Waals surface area contributed by atoms with Crippen molar-refractivity contribution < 1.29 is 9.90 Å². The number of carbonyl (C=O) groups is 1. The molecular weight excluding hydrogens is 258 g/mol. The van der Waals surface area contributed by atoms with Gasteiger partial charge in [-0.15, -0.1) is 0 Å². The van der Waals surface area contributed by atoms with Crippen molar-refractivity contribution >= 4 is 5.97 Å². The molecule has 0 aromatic carbocycles. The predicted octanol–water partition coefficient (Wildman–Crippen LogP) is 1.37. The predicted molar refractivity (Wildman–Crippen MR) is 70.5 cm³/mol. The molecule has 3 rings (SSSR count). The van der Waals surface area contributed by atoms with Crippen LogP contribution in [0, 0.1) is 0 Å². The van der Waals surface area contributed by atoms with Crippen molar-refractivity contribution in [2.75, 3.05) is 0 Å². The molecule has 0 amide bonds. The fourth-order valence-electron chi connectivity index (χ4n) is 1.92. The topological polar surface area (TPSA) is 85.8 Å². The largest absolute Gasteiger partial charge is 0.478 e. The molecule has 20 heavy (non-hydrogen) atoms. The van der Waals surface area contributed by atoms with Gasteiger partial charge in [0.1, 0.15) is 11.3 Å². The number of aromatic nitrogens is 5. The number of rotatable bonds is 3. The van der Waals surface area contributed by atoms with Gasteiger partial charge in [0.05, 0.1) is 11.9 Å². The number of nitrogens with zero attached hydrogens (tertiary/aromatic N) is 5. The van der Waals surface area contributed by atoms with Gasteiger partial charge in [0.2, 0.25) is 0 Å². The molecule has 0 atom stereocenters. The quantitative estimate of drug-likeness (QED) is 0.776. The average Bonchev–Trinajstić information content (AvgIpc) is 3.05. The molecule has 3 aromatic rings. The highest BCUT2D eigenvalue weighted by Crippen LogP contribution is 2.23. The van der Waals surface area contributed by atoms with Gasteiger partial charge < -0.3 is 5.11 Å². The first-order valence-electron chi connectivity index (χ1n) is 5.87. The maximum Gasteiger partial charge on any atom is 0.339 e. The smallest absolute Gasteiger partial charge is 0.339 e. The number of aromatic carboxylic acids is 1. The first kappa shape index (κ1) is 12.1. The van der Waals surface area contributed by atoms with Crippen molar-refractivity contribution in [1.29, 1.82) is 0 Å². The summed E-state index contributed by atoms with van der Waals surface area (Å²) in [5.74, 6) is -1.02. The van der Waals surface area contributed by atoms with Gasteiger partial charge in [0.25, 0.3) is 0 Å². The van der Waals surface area contributed by atoms with Gasteiger partial charge in [0, 0.05) is 37.4 Å². The van der Waals surface area contributed by atoms with E-state index in [0.29, 0.717) is 11.3 Å². The second kappa shape index (κ2) is 4.61. The Hall–Kier alpha value is -2.96. The molecule has 3 aromatic heterocycles. The van der Waals surface area contributed by atoms with Crippen molar-refractivity contribution in [3.8, 4) is 16.9 Å². The standard InChI is InChI=1S/C13H11N5O2/c1-17-7-9(6-15-17)12-11(13(19)20)8-18(16-12)10-2-4-14-5-3-10/h2-8H,1H3,(H,19,20). The third-order valence-electron chi connectivity index (χ3n) is 2.85. The SMILES string of the molecule is Cn1cc(-c2nn(-c3ccncc3)cc2C(=O)O)cn1. The van der Waals surface area contributed by atoms with Gasteiger partial charge in [-0.05, 0) is 12.1 Å². The lowest BCUT2D eigenvalue weighted by atomic mass is 10.1. The van der Waals surface area contributed by atoms with E-state index in [-0.39, 0.29) is 5.56 Å². The molecule has 7 nitrogen and oxygen atoms in total. The summed E-state index contributed by atoms with van der Waals surface area (Å²) in [5, 5.41) is 17.7. The van der Waals surface area contributed by atoms with Crippen LogP contribution < -0.4 is 0 Å². The van der Waals surface area contributed by atoms with E-state index in [1.165, 1.54) is 10.9 Å². The number of hydrogen-bond donors (Lipinski definition) is 1. The minimum Gasteiger partial charge on any atom is -0.478 e. The third kappa shape index (κ3) is 2.05. The van der Waals surface area contributed by atoms with Gasteiger partial charge in [-0.1, -0.05) is 0 Å². The number of pyridine rings is 1. The number of hydrogen-bond acceptors (Lipinski definition) is 4. The minimum atomic E-state index is -1.02. The Balaban J connectivity index is 2.15. The molecule has 0 spiro atoms.